The van der Waals surface area contributed by atoms with Gasteiger partial charge in [0.1, 0.15) is 0 Å². The van der Waals surface area contributed by atoms with Crippen LogP contribution in [0.1, 0.15) is 18.3 Å². The summed E-state index contributed by atoms with van der Waals surface area (Å²) >= 11 is 3.58. The third kappa shape index (κ3) is 3.29. The fourth-order valence-corrected chi connectivity index (χ4v) is 2.15. The van der Waals surface area contributed by atoms with E-state index in [2.05, 4.69) is 33.3 Å². The van der Waals surface area contributed by atoms with Gasteiger partial charge in [0, 0.05) is 27.2 Å². The smallest absolute Gasteiger partial charge is 0.0767 e. The Labute approximate surface area is 99.1 Å². The molecule has 4 nitrogen and oxygen atoms in total. The fourth-order valence-electron chi connectivity index (χ4n) is 1.39. The summed E-state index contributed by atoms with van der Waals surface area (Å²) in [5.41, 5.74) is 2.30. The zero-order valence-electron chi connectivity index (χ0n) is 9.51. The van der Waals surface area contributed by atoms with Gasteiger partial charge in [-0.2, -0.15) is 5.10 Å². The summed E-state index contributed by atoms with van der Waals surface area (Å²) in [5.74, 6) is 0. The molecule has 0 unspecified atom stereocenters. The Kier molecular flexibility index (Phi) is 5.28. The van der Waals surface area contributed by atoms with Gasteiger partial charge in [-0.15, -0.1) is 0 Å². The van der Waals surface area contributed by atoms with E-state index in [0.29, 0.717) is 0 Å². The lowest BCUT2D eigenvalue weighted by Crippen LogP contribution is -2.20. The Morgan fingerprint density at radius 1 is 1.53 bits per heavy atom. The second kappa shape index (κ2) is 6.25. The van der Waals surface area contributed by atoms with Gasteiger partial charge in [-0.3, -0.25) is 4.68 Å². The SMILES string of the molecule is CCc1nn(C)c(CNCCOC)c1Br. The van der Waals surface area contributed by atoms with Crippen molar-refractivity contribution in [3.8, 4) is 0 Å². The number of nitrogens with one attached hydrogen (secondary N) is 1. The van der Waals surface area contributed by atoms with Gasteiger partial charge in [-0.05, 0) is 22.4 Å². The molecule has 0 amide bonds. The molecule has 0 saturated heterocycles. The maximum atomic E-state index is 4.97. The largest absolute Gasteiger partial charge is 0.383 e. The van der Waals surface area contributed by atoms with Crippen LogP contribution in [0, 0.1) is 0 Å². The van der Waals surface area contributed by atoms with Crippen LogP contribution >= 0.6 is 15.9 Å². The summed E-state index contributed by atoms with van der Waals surface area (Å²) in [7, 11) is 3.67. The van der Waals surface area contributed by atoms with E-state index in [-0.39, 0.29) is 0 Å². The van der Waals surface area contributed by atoms with Crippen LogP contribution in [-0.2, 0) is 24.8 Å². The monoisotopic (exact) mass is 275 g/mol. The predicted molar refractivity (Wildman–Crippen MR) is 63.9 cm³/mol. The maximum Gasteiger partial charge on any atom is 0.0767 e. The lowest BCUT2D eigenvalue weighted by atomic mass is 10.3. The third-order valence-corrected chi connectivity index (χ3v) is 3.19. The Balaban J connectivity index is 2.56. The average Bonchev–Trinajstić information content (AvgIpc) is 2.50. The van der Waals surface area contributed by atoms with E-state index in [1.54, 1.807) is 7.11 Å². The van der Waals surface area contributed by atoms with Crippen LogP contribution in [0.5, 0.6) is 0 Å². The van der Waals surface area contributed by atoms with Crippen LogP contribution in [0.3, 0.4) is 0 Å². The Morgan fingerprint density at radius 3 is 2.80 bits per heavy atom. The molecule has 1 aromatic rings. The predicted octanol–water partition coefficient (Wildman–Crippen LogP) is 1.48. The van der Waals surface area contributed by atoms with Crippen LogP contribution in [0.25, 0.3) is 0 Å². The summed E-state index contributed by atoms with van der Waals surface area (Å²) < 4.78 is 8.01. The van der Waals surface area contributed by atoms with Crippen molar-refractivity contribution < 1.29 is 4.74 Å². The highest BCUT2D eigenvalue weighted by Crippen LogP contribution is 2.21. The first kappa shape index (κ1) is 12.7. The van der Waals surface area contributed by atoms with Gasteiger partial charge in [0.05, 0.1) is 22.5 Å². The molecule has 0 bridgehead atoms. The van der Waals surface area contributed by atoms with Gasteiger partial charge in [0.25, 0.3) is 0 Å². The first-order valence-corrected chi connectivity index (χ1v) is 5.89. The maximum absolute atomic E-state index is 4.97. The van der Waals surface area contributed by atoms with Crippen LogP contribution in [0.4, 0.5) is 0 Å². The summed E-state index contributed by atoms with van der Waals surface area (Å²) in [6.45, 7) is 4.51. The number of aromatic nitrogens is 2. The molecule has 0 aliphatic rings. The van der Waals surface area contributed by atoms with Gasteiger partial charge in [-0.25, -0.2) is 0 Å². The highest BCUT2D eigenvalue weighted by molar-refractivity contribution is 9.10. The van der Waals surface area contributed by atoms with E-state index < -0.39 is 0 Å². The molecule has 0 fully saturated rings. The zero-order valence-corrected chi connectivity index (χ0v) is 11.1. The second-order valence-electron chi connectivity index (χ2n) is 3.35. The molecule has 0 saturated carbocycles. The van der Waals surface area contributed by atoms with Crippen molar-refractivity contribution in [2.45, 2.75) is 19.9 Å². The van der Waals surface area contributed by atoms with E-state index >= 15 is 0 Å². The minimum atomic E-state index is 0.732. The second-order valence-corrected chi connectivity index (χ2v) is 4.15. The summed E-state index contributed by atoms with van der Waals surface area (Å²) in [6.07, 6.45) is 0.951. The highest BCUT2D eigenvalue weighted by atomic mass is 79.9. The Morgan fingerprint density at radius 2 is 2.27 bits per heavy atom. The molecule has 0 spiro atoms. The molecule has 5 heteroatoms. The summed E-state index contributed by atoms with van der Waals surface area (Å²) in [5, 5.41) is 7.73. The minimum absolute atomic E-state index is 0.732. The van der Waals surface area contributed by atoms with Crippen LogP contribution in [-0.4, -0.2) is 30.0 Å². The lowest BCUT2D eigenvalue weighted by molar-refractivity contribution is 0.199. The van der Waals surface area contributed by atoms with Gasteiger partial charge < -0.3 is 10.1 Å². The summed E-state index contributed by atoms with van der Waals surface area (Å²) in [6, 6.07) is 0. The third-order valence-electron chi connectivity index (χ3n) is 2.28. The number of nitrogens with zero attached hydrogens (tertiary/aromatic N) is 2. The topological polar surface area (TPSA) is 39.1 Å². The average molecular weight is 276 g/mol. The molecule has 0 aliphatic heterocycles. The van der Waals surface area contributed by atoms with E-state index in [0.717, 1.165) is 36.3 Å². The first-order chi connectivity index (χ1) is 7.20. The number of hydrogen-bond donors (Lipinski definition) is 1. The van der Waals surface area contributed by atoms with Crippen molar-refractivity contribution in [2.75, 3.05) is 20.3 Å². The van der Waals surface area contributed by atoms with Gasteiger partial charge in [-0.1, -0.05) is 6.92 Å². The quantitative estimate of drug-likeness (QED) is 0.800. The van der Waals surface area contributed by atoms with Gasteiger partial charge >= 0.3 is 0 Å². The molecule has 0 aliphatic carbocycles. The molecular weight excluding hydrogens is 258 g/mol. The van der Waals surface area contributed by atoms with Crippen molar-refractivity contribution >= 4 is 15.9 Å². The molecule has 1 heterocycles. The molecule has 1 aromatic heterocycles. The first-order valence-electron chi connectivity index (χ1n) is 5.10. The van der Waals surface area contributed by atoms with Gasteiger partial charge in [0.2, 0.25) is 0 Å². The number of hydrogen-bond acceptors (Lipinski definition) is 3. The van der Waals surface area contributed by atoms with Crippen molar-refractivity contribution in [1.82, 2.24) is 15.1 Å². The number of methoxy groups -OCH3 is 1. The van der Waals surface area contributed by atoms with Crippen molar-refractivity contribution in [2.24, 2.45) is 7.05 Å². The van der Waals surface area contributed by atoms with E-state index in [1.165, 1.54) is 5.69 Å². The van der Waals surface area contributed by atoms with E-state index in [1.807, 2.05) is 11.7 Å². The number of halogens is 1. The van der Waals surface area contributed by atoms with Crippen LogP contribution in [0.15, 0.2) is 4.47 Å². The zero-order chi connectivity index (χ0) is 11.3. The molecule has 0 atom stereocenters. The van der Waals surface area contributed by atoms with E-state index in [4.69, 9.17) is 4.74 Å². The number of aryl methyl sites for hydroxylation is 2. The summed E-state index contributed by atoms with van der Waals surface area (Å²) in [4.78, 5) is 0. The fraction of sp³-hybridized carbons (Fsp3) is 0.700. The highest BCUT2D eigenvalue weighted by Gasteiger charge is 2.11. The molecule has 0 aromatic carbocycles. The Hall–Kier alpha value is -0.390. The van der Waals surface area contributed by atoms with Crippen molar-refractivity contribution in [3.05, 3.63) is 15.9 Å². The molecule has 86 valence electrons. The number of rotatable bonds is 6. The van der Waals surface area contributed by atoms with Crippen molar-refractivity contribution in [3.63, 3.8) is 0 Å². The molecule has 15 heavy (non-hydrogen) atoms. The standard InChI is InChI=1S/C10H18BrN3O/c1-4-8-10(11)9(14(2)13-8)7-12-5-6-15-3/h12H,4-7H2,1-3H3. The minimum Gasteiger partial charge on any atom is -0.383 e. The van der Waals surface area contributed by atoms with Crippen molar-refractivity contribution in [1.29, 1.82) is 0 Å². The normalized spacial score (nSPS) is 10.9. The lowest BCUT2D eigenvalue weighted by Gasteiger charge is -2.05. The Bertz CT molecular complexity index is 312. The molecule has 0 radical (unpaired) electrons. The molecule has 1 rings (SSSR count). The van der Waals surface area contributed by atoms with E-state index in [9.17, 15) is 0 Å². The molecule has 1 N–H and O–H groups in total. The van der Waals surface area contributed by atoms with Crippen LogP contribution in [0.2, 0.25) is 0 Å². The van der Waals surface area contributed by atoms with Crippen LogP contribution < -0.4 is 5.32 Å². The molecular formula is C10H18BrN3O. The van der Waals surface area contributed by atoms with Gasteiger partial charge in [0.15, 0.2) is 0 Å². The number of ether oxygens (including phenoxy) is 1.